The number of rotatable bonds is 3. The summed E-state index contributed by atoms with van der Waals surface area (Å²) < 4.78 is 6.43. The third-order valence-corrected chi connectivity index (χ3v) is 5.04. The summed E-state index contributed by atoms with van der Waals surface area (Å²) in [6.07, 6.45) is 0. The molecule has 19 heavy (non-hydrogen) atoms. The van der Waals surface area contributed by atoms with Crippen LogP contribution in [0.5, 0.6) is 5.75 Å². The summed E-state index contributed by atoms with van der Waals surface area (Å²) in [5.41, 5.74) is 5.86. The Morgan fingerprint density at radius 2 is 1.89 bits per heavy atom. The smallest absolute Gasteiger partial charge is 0.313 e. The summed E-state index contributed by atoms with van der Waals surface area (Å²) >= 11 is 9.93. The van der Waals surface area contributed by atoms with E-state index >= 15 is 0 Å². The number of benzene rings is 1. The maximum Gasteiger partial charge on any atom is 0.313 e. The molecule has 0 bridgehead atoms. The molecule has 0 fully saturated rings. The van der Waals surface area contributed by atoms with Crippen LogP contribution in [-0.4, -0.2) is 18.2 Å². The summed E-state index contributed by atoms with van der Waals surface area (Å²) in [4.78, 5) is 11.8. The molecule has 0 radical (unpaired) electrons. The van der Waals surface area contributed by atoms with Crippen LogP contribution in [0.1, 0.15) is 25.5 Å². The zero-order valence-corrected chi connectivity index (χ0v) is 15.4. The lowest BCUT2D eigenvalue weighted by Gasteiger charge is -2.30. The Hall–Kier alpha value is -0.110. The van der Waals surface area contributed by atoms with Crippen LogP contribution in [0.3, 0.4) is 0 Å². The quantitative estimate of drug-likeness (QED) is 0.673. The van der Waals surface area contributed by atoms with E-state index < -0.39 is 17.4 Å². The summed E-state index contributed by atoms with van der Waals surface area (Å²) in [5, 5.41) is 9.94. The SMILES string of the molecule is COC(=O)C(C)(C)[C@@H](N)c1c(Br)cc(Br)c(O)c1Br. The van der Waals surface area contributed by atoms with Crippen LogP contribution in [0.2, 0.25) is 0 Å². The molecule has 4 nitrogen and oxygen atoms in total. The molecule has 0 saturated carbocycles. The third-order valence-electron chi connectivity index (χ3n) is 2.98. The van der Waals surface area contributed by atoms with E-state index in [9.17, 15) is 9.90 Å². The van der Waals surface area contributed by atoms with Crippen LogP contribution in [0.4, 0.5) is 0 Å². The molecule has 1 aromatic carbocycles. The van der Waals surface area contributed by atoms with Crippen LogP contribution in [0.15, 0.2) is 19.5 Å². The van der Waals surface area contributed by atoms with Gasteiger partial charge in [-0.25, -0.2) is 0 Å². The zero-order valence-electron chi connectivity index (χ0n) is 10.6. The van der Waals surface area contributed by atoms with Gasteiger partial charge in [0.1, 0.15) is 5.75 Å². The highest BCUT2D eigenvalue weighted by atomic mass is 79.9. The molecule has 0 spiro atoms. The highest BCUT2D eigenvalue weighted by molar-refractivity contribution is 9.11. The minimum Gasteiger partial charge on any atom is -0.506 e. The number of phenolic OH excluding ortho intramolecular Hbond substituents is 1. The molecule has 0 heterocycles. The molecule has 1 aromatic rings. The van der Waals surface area contributed by atoms with E-state index in [0.29, 0.717) is 19.0 Å². The standard InChI is InChI=1S/C12H14Br3NO3/c1-12(2,11(18)19-3)10(16)7-5(13)4-6(14)9(17)8(7)15/h4,10,17H,16H2,1-3H3/t10-/m0/s1. The maximum atomic E-state index is 11.8. The van der Waals surface area contributed by atoms with Gasteiger partial charge in [-0.3, -0.25) is 4.79 Å². The van der Waals surface area contributed by atoms with Gasteiger partial charge >= 0.3 is 5.97 Å². The minimum absolute atomic E-state index is 0.0364. The molecule has 106 valence electrons. The lowest BCUT2D eigenvalue weighted by Crippen LogP contribution is -2.37. The van der Waals surface area contributed by atoms with Gasteiger partial charge in [0.15, 0.2) is 0 Å². The Morgan fingerprint density at radius 3 is 2.37 bits per heavy atom. The monoisotopic (exact) mass is 457 g/mol. The van der Waals surface area contributed by atoms with E-state index in [1.807, 2.05) is 0 Å². The van der Waals surface area contributed by atoms with Crippen molar-refractivity contribution in [2.45, 2.75) is 19.9 Å². The molecule has 0 aromatic heterocycles. The van der Waals surface area contributed by atoms with Crippen molar-refractivity contribution in [1.29, 1.82) is 0 Å². The first kappa shape index (κ1) is 16.9. The zero-order chi connectivity index (χ0) is 15.0. The number of carbonyl (C=O) groups excluding carboxylic acids is 1. The summed E-state index contributed by atoms with van der Waals surface area (Å²) in [5.74, 6) is -0.379. The average molecular weight is 460 g/mol. The lowest BCUT2D eigenvalue weighted by atomic mass is 9.81. The van der Waals surface area contributed by atoms with Gasteiger partial charge in [0.25, 0.3) is 0 Å². The molecule has 0 aliphatic carbocycles. The van der Waals surface area contributed by atoms with Gasteiger partial charge in [-0.2, -0.15) is 0 Å². The predicted octanol–water partition coefficient (Wildman–Crippen LogP) is 3.88. The fourth-order valence-corrected chi connectivity index (χ4v) is 4.24. The maximum absolute atomic E-state index is 11.8. The van der Waals surface area contributed by atoms with Crippen molar-refractivity contribution < 1.29 is 14.6 Å². The van der Waals surface area contributed by atoms with Gasteiger partial charge in [0, 0.05) is 16.1 Å². The van der Waals surface area contributed by atoms with Gasteiger partial charge in [0.2, 0.25) is 0 Å². The fraction of sp³-hybridized carbons (Fsp3) is 0.417. The molecular weight excluding hydrogens is 446 g/mol. The van der Waals surface area contributed by atoms with E-state index in [2.05, 4.69) is 47.8 Å². The fourth-order valence-electron chi connectivity index (χ4n) is 1.63. The molecule has 0 aliphatic heterocycles. The molecule has 7 heteroatoms. The molecule has 0 saturated heterocycles. The second-order valence-electron chi connectivity index (χ2n) is 4.61. The number of carbonyl (C=O) groups is 1. The Morgan fingerprint density at radius 1 is 1.37 bits per heavy atom. The summed E-state index contributed by atoms with van der Waals surface area (Å²) in [6, 6.07) is 1.03. The summed E-state index contributed by atoms with van der Waals surface area (Å²) in [6.45, 7) is 3.39. The lowest BCUT2D eigenvalue weighted by molar-refractivity contribution is -0.152. The van der Waals surface area contributed by atoms with E-state index in [-0.39, 0.29) is 5.75 Å². The number of esters is 1. The molecule has 0 unspecified atom stereocenters. The molecule has 3 N–H and O–H groups in total. The minimum atomic E-state index is -0.930. The van der Waals surface area contributed by atoms with Gasteiger partial charge < -0.3 is 15.6 Å². The number of phenols is 1. The number of hydrogen-bond donors (Lipinski definition) is 2. The Kier molecular flexibility index (Phi) is 5.45. The number of methoxy groups -OCH3 is 1. The number of hydrogen-bond acceptors (Lipinski definition) is 4. The highest BCUT2D eigenvalue weighted by Gasteiger charge is 2.39. The predicted molar refractivity (Wildman–Crippen MR) is 83.9 cm³/mol. The second kappa shape index (κ2) is 6.11. The van der Waals surface area contributed by atoms with Crippen molar-refractivity contribution in [2.75, 3.05) is 7.11 Å². The van der Waals surface area contributed by atoms with Crippen molar-refractivity contribution in [1.82, 2.24) is 0 Å². The van der Waals surface area contributed by atoms with E-state index in [1.54, 1.807) is 19.9 Å². The summed E-state index contributed by atoms with van der Waals surface area (Å²) in [7, 11) is 1.32. The first-order valence-corrected chi connectivity index (χ1v) is 7.72. The van der Waals surface area contributed by atoms with Gasteiger partial charge in [0.05, 0.1) is 21.5 Å². The molecule has 1 rings (SSSR count). The first-order valence-electron chi connectivity index (χ1n) is 5.35. The number of ether oxygens (including phenoxy) is 1. The molecule has 1 atom stereocenters. The van der Waals surface area contributed by atoms with E-state index in [1.165, 1.54) is 7.11 Å². The molecular formula is C12H14Br3NO3. The van der Waals surface area contributed by atoms with E-state index in [0.717, 1.165) is 0 Å². The topological polar surface area (TPSA) is 72.5 Å². The van der Waals surface area contributed by atoms with Crippen LogP contribution in [-0.2, 0) is 9.53 Å². The van der Waals surface area contributed by atoms with Crippen molar-refractivity contribution in [3.05, 3.63) is 25.0 Å². The van der Waals surface area contributed by atoms with Crippen LogP contribution in [0, 0.1) is 5.41 Å². The Balaban J connectivity index is 3.39. The van der Waals surface area contributed by atoms with Crippen molar-refractivity contribution in [3.63, 3.8) is 0 Å². The van der Waals surface area contributed by atoms with E-state index in [4.69, 9.17) is 10.5 Å². The van der Waals surface area contributed by atoms with Crippen molar-refractivity contribution >= 4 is 53.8 Å². The number of nitrogens with two attached hydrogens (primary N) is 1. The third kappa shape index (κ3) is 3.15. The van der Waals surface area contributed by atoms with Crippen LogP contribution < -0.4 is 5.73 Å². The Labute approximate surface area is 137 Å². The van der Waals surface area contributed by atoms with Gasteiger partial charge in [-0.05, 0) is 51.8 Å². The van der Waals surface area contributed by atoms with Crippen molar-refractivity contribution in [2.24, 2.45) is 11.1 Å². The number of halogens is 3. The van der Waals surface area contributed by atoms with Gasteiger partial charge in [-0.1, -0.05) is 15.9 Å². The van der Waals surface area contributed by atoms with Crippen LogP contribution in [0.25, 0.3) is 0 Å². The highest BCUT2D eigenvalue weighted by Crippen LogP contribution is 2.45. The second-order valence-corrected chi connectivity index (χ2v) is 7.11. The average Bonchev–Trinajstić information content (AvgIpc) is 2.34. The van der Waals surface area contributed by atoms with Gasteiger partial charge in [-0.15, -0.1) is 0 Å². The van der Waals surface area contributed by atoms with Crippen molar-refractivity contribution in [3.8, 4) is 5.75 Å². The number of aromatic hydroxyl groups is 1. The first-order chi connectivity index (χ1) is 8.64. The largest absolute Gasteiger partial charge is 0.506 e. The molecule has 0 aliphatic rings. The normalized spacial score (nSPS) is 13.2. The Bertz CT molecular complexity index is 517. The van der Waals surface area contributed by atoms with Crippen LogP contribution >= 0.6 is 47.8 Å². The molecule has 0 amide bonds.